The van der Waals surface area contributed by atoms with Crippen LogP contribution in [-0.2, 0) is 10.2 Å². The number of hydrogen-bond donors (Lipinski definition) is 1. The molecular weight excluding hydrogens is 376 g/mol. The van der Waals surface area contributed by atoms with Gasteiger partial charge in [-0.2, -0.15) is 5.10 Å². The van der Waals surface area contributed by atoms with Crippen LogP contribution in [0.3, 0.4) is 0 Å². The molecule has 1 aromatic heterocycles. The van der Waals surface area contributed by atoms with Crippen molar-refractivity contribution in [1.82, 2.24) is 14.7 Å². The van der Waals surface area contributed by atoms with Gasteiger partial charge in [0.25, 0.3) is 12.3 Å². The van der Waals surface area contributed by atoms with E-state index in [2.05, 4.69) is 50.1 Å². The Kier molecular flexibility index (Phi) is 5.81. The largest absolute Gasteiger partial charge is 0.375 e. The van der Waals surface area contributed by atoms with E-state index in [9.17, 15) is 18.7 Å². The summed E-state index contributed by atoms with van der Waals surface area (Å²) in [5, 5.41) is 14.2. The third-order valence-corrected chi connectivity index (χ3v) is 5.71. The number of halogens is 2. The molecule has 5 nitrogen and oxygen atoms in total. The fraction of sp³-hybridized carbons (Fsp3) is 0.545. The first-order chi connectivity index (χ1) is 13.5. The van der Waals surface area contributed by atoms with Crippen LogP contribution in [-0.4, -0.2) is 50.8 Å². The molecule has 0 unspecified atom stereocenters. The minimum atomic E-state index is -3.11. The fourth-order valence-corrected chi connectivity index (χ4v) is 3.73. The fourth-order valence-electron chi connectivity index (χ4n) is 3.73. The SMILES string of the molecule is CC(C)(C)c1ccc(-n2nccc2C2CCN(C(=O)[C@@](C)(O)C(F)F)CC2)cc1. The lowest BCUT2D eigenvalue weighted by Gasteiger charge is -2.36. The lowest BCUT2D eigenvalue weighted by Crippen LogP contribution is -2.53. The molecule has 1 aliphatic rings. The molecule has 1 saturated heterocycles. The maximum atomic E-state index is 13.0. The average molecular weight is 405 g/mol. The molecule has 2 heterocycles. The summed E-state index contributed by atoms with van der Waals surface area (Å²) in [4.78, 5) is 13.6. The van der Waals surface area contributed by atoms with Gasteiger partial charge in [0.1, 0.15) is 0 Å². The number of aliphatic hydroxyl groups is 1. The summed E-state index contributed by atoms with van der Waals surface area (Å²) in [6.45, 7) is 8.05. The van der Waals surface area contributed by atoms with Crippen molar-refractivity contribution in [2.45, 2.75) is 63.9 Å². The van der Waals surface area contributed by atoms with Gasteiger partial charge in [0.2, 0.25) is 5.60 Å². The number of aromatic nitrogens is 2. The van der Waals surface area contributed by atoms with Crippen LogP contribution in [0.25, 0.3) is 5.69 Å². The highest BCUT2D eigenvalue weighted by Crippen LogP contribution is 2.31. The molecule has 0 radical (unpaired) electrons. The number of nitrogens with zero attached hydrogens (tertiary/aromatic N) is 3. The molecule has 1 aliphatic heterocycles. The molecule has 1 fully saturated rings. The third-order valence-electron chi connectivity index (χ3n) is 5.71. The first-order valence-electron chi connectivity index (χ1n) is 9.96. The molecule has 0 saturated carbocycles. The number of amides is 1. The summed E-state index contributed by atoms with van der Waals surface area (Å²) in [5.41, 5.74) is 0.694. The molecule has 1 atom stereocenters. The van der Waals surface area contributed by atoms with Crippen molar-refractivity contribution in [3.05, 3.63) is 47.8 Å². The number of alkyl halides is 2. The minimum absolute atomic E-state index is 0.0737. The van der Waals surface area contributed by atoms with Crippen LogP contribution in [0.2, 0.25) is 0 Å². The Morgan fingerprint density at radius 2 is 1.69 bits per heavy atom. The van der Waals surface area contributed by atoms with Gasteiger partial charge >= 0.3 is 0 Å². The normalized spacial score (nSPS) is 18.1. The minimum Gasteiger partial charge on any atom is -0.375 e. The Morgan fingerprint density at radius 1 is 1.10 bits per heavy atom. The van der Waals surface area contributed by atoms with Crippen molar-refractivity contribution in [2.75, 3.05) is 13.1 Å². The predicted molar refractivity (Wildman–Crippen MR) is 107 cm³/mol. The molecule has 158 valence electrons. The zero-order chi connectivity index (χ0) is 21.4. The van der Waals surface area contributed by atoms with Gasteiger partial charge in [0, 0.05) is 30.9 Å². The molecule has 7 heteroatoms. The monoisotopic (exact) mass is 405 g/mol. The van der Waals surface area contributed by atoms with Crippen LogP contribution in [0.4, 0.5) is 8.78 Å². The zero-order valence-corrected chi connectivity index (χ0v) is 17.4. The Labute approximate surface area is 170 Å². The molecular formula is C22H29F2N3O2. The van der Waals surface area contributed by atoms with Crippen LogP contribution >= 0.6 is 0 Å². The maximum Gasteiger partial charge on any atom is 0.275 e. The van der Waals surface area contributed by atoms with Crippen molar-refractivity contribution in [3.8, 4) is 5.69 Å². The van der Waals surface area contributed by atoms with Crippen molar-refractivity contribution < 1.29 is 18.7 Å². The number of piperidine rings is 1. The Morgan fingerprint density at radius 3 is 2.21 bits per heavy atom. The second kappa shape index (κ2) is 7.86. The highest BCUT2D eigenvalue weighted by atomic mass is 19.3. The number of rotatable bonds is 4. The highest BCUT2D eigenvalue weighted by Gasteiger charge is 2.44. The van der Waals surface area contributed by atoms with E-state index in [1.54, 1.807) is 6.20 Å². The lowest BCUT2D eigenvalue weighted by atomic mass is 9.87. The number of likely N-dealkylation sites (tertiary alicyclic amines) is 1. The second-order valence-corrected chi connectivity index (χ2v) is 8.98. The third kappa shape index (κ3) is 4.34. The zero-order valence-electron chi connectivity index (χ0n) is 17.4. The number of benzene rings is 1. The van der Waals surface area contributed by atoms with E-state index in [-0.39, 0.29) is 11.3 Å². The van der Waals surface area contributed by atoms with Gasteiger partial charge in [-0.05, 0) is 48.9 Å². The summed E-state index contributed by atoms with van der Waals surface area (Å²) in [5.74, 6) is -0.738. The summed E-state index contributed by atoms with van der Waals surface area (Å²) < 4.78 is 27.8. The van der Waals surface area contributed by atoms with Gasteiger partial charge in [0.05, 0.1) is 5.69 Å². The molecule has 2 aromatic rings. The van der Waals surface area contributed by atoms with E-state index < -0.39 is 17.9 Å². The van der Waals surface area contributed by atoms with Crippen molar-refractivity contribution in [3.63, 3.8) is 0 Å². The van der Waals surface area contributed by atoms with Crippen molar-refractivity contribution >= 4 is 5.91 Å². The Hall–Kier alpha value is -2.28. The Balaban J connectivity index is 1.72. The topological polar surface area (TPSA) is 58.4 Å². The number of carbonyl (C=O) groups is 1. The van der Waals surface area contributed by atoms with E-state index in [4.69, 9.17) is 0 Å². The van der Waals surface area contributed by atoms with Gasteiger partial charge in [0.15, 0.2) is 0 Å². The molecule has 1 N–H and O–H groups in total. The first kappa shape index (κ1) is 21.4. The molecule has 0 bridgehead atoms. The molecule has 1 aromatic carbocycles. The maximum absolute atomic E-state index is 13.0. The number of hydrogen-bond acceptors (Lipinski definition) is 3. The summed E-state index contributed by atoms with van der Waals surface area (Å²) >= 11 is 0. The van der Waals surface area contributed by atoms with E-state index >= 15 is 0 Å². The summed E-state index contributed by atoms with van der Waals surface area (Å²) in [6.07, 6.45) is -0.0787. The van der Waals surface area contributed by atoms with Crippen molar-refractivity contribution in [2.24, 2.45) is 0 Å². The second-order valence-electron chi connectivity index (χ2n) is 8.98. The van der Waals surface area contributed by atoms with Gasteiger partial charge in [-0.3, -0.25) is 4.79 Å². The smallest absolute Gasteiger partial charge is 0.275 e. The molecule has 0 spiro atoms. The van der Waals surface area contributed by atoms with E-state index in [1.165, 1.54) is 10.5 Å². The quantitative estimate of drug-likeness (QED) is 0.840. The van der Waals surface area contributed by atoms with Crippen LogP contribution in [0.5, 0.6) is 0 Å². The molecule has 3 rings (SSSR count). The van der Waals surface area contributed by atoms with Crippen LogP contribution < -0.4 is 0 Å². The average Bonchev–Trinajstić information content (AvgIpc) is 3.16. The summed E-state index contributed by atoms with van der Waals surface area (Å²) in [7, 11) is 0. The highest BCUT2D eigenvalue weighted by molar-refractivity contribution is 5.85. The van der Waals surface area contributed by atoms with Gasteiger partial charge in [-0.15, -0.1) is 0 Å². The van der Waals surface area contributed by atoms with E-state index in [0.717, 1.165) is 18.3 Å². The van der Waals surface area contributed by atoms with Crippen LogP contribution in [0.1, 0.15) is 57.7 Å². The first-order valence-corrected chi connectivity index (χ1v) is 9.96. The van der Waals surface area contributed by atoms with E-state index in [1.807, 2.05) is 10.7 Å². The standard InChI is InChI=1S/C22H29F2N3O2/c1-21(2,3)16-5-7-17(8-6-16)27-18(9-12-25-27)15-10-13-26(14-11-15)20(28)22(4,29)19(23)24/h5-9,12,15,19,29H,10-11,13-14H2,1-4H3/t22-/m0/s1. The molecule has 1 amide bonds. The molecule has 29 heavy (non-hydrogen) atoms. The lowest BCUT2D eigenvalue weighted by molar-refractivity contribution is -0.166. The molecule has 0 aliphatic carbocycles. The van der Waals surface area contributed by atoms with Crippen LogP contribution in [0, 0.1) is 0 Å². The van der Waals surface area contributed by atoms with Gasteiger partial charge < -0.3 is 10.0 Å². The van der Waals surface area contributed by atoms with Crippen LogP contribution in [0.15, 0.2) is 36.5 Å². The predicted octanol–water partition coefficient (Wildman–Crippen LogP) is 3.89. The van der Waals surface area contributed by atoms with Gasteiger partial charge in [-0.1, -0.05) is 32.9 Å². The van der Waals surface area contributed by atoms with Gasteiger partial charge in [-0.25, -0.2) is 13.5 Å². The van der Waals surface area contributed by atoms with Crippen molar-refractivity contribution in [1.29, 1.82) is 0 Å². The summed E-state index contributed by atoms with van der Waals surface area (Å²) in [6, 6.07) is 10.3. The Bertz CT molecular complexity index is 846. The van der Waals surface area contributed by atoms with E-state index in [0.29, 0.717) is 25.9 Å². The number of carbonyl (C=O) groups excluding carboxylic acids is 1.